The lowest BCUT2D eigenvalue weighted by Gasteiger charge is -2.43. The highest BCUT2D eigenvalue weighted by molar-refractivity contribution is 5.94. The van der Waals surface area contributed by atoms with Crippen molar-refractivity contribution >= 4 is 17.7 Å². The second-order valence-corrected chi connectivity index (χ2v) is 9.71. The summed E-state index contributed by atoms with van der Waals surface area (Å²) < 4.78 is 34.4. The van der Waals surface area contributed by atoms with E-state index in [1.165, 1.54) is 26.2 Å². The molecule has 32 heavy (non-hydrogen) atoms. The van der Waals surface area contributed by atoms with Crippen LogP contribution in [-0.4, -0.2) is 91.7 Å². The van der Waals surface area contributed by atoms with Crippen molar-refractivity contribution in [3.05, 3.63) is 29.3 Å². The van der Waals surface area contributed by atoms with Crippen molar-refractivity contribution in [2.24, 2.45) is 0 Å². The van der Waals surface area contributed by atoms with Gasteiger partial charge in [0, 0.05) is 65.1 Å². The van der Waals surface area contributed by atoms with Crippen molar-refractivity contribution in [1.29, 1.82) is 0 Å². The fraction of sp³-hybridized carbons (Fsp3) is 0.652. The number of likely N-dealkylation sites (tertiary alicyclic amines) is 1. The van der Waals surface area contributed by atoms with Crippen molar-refractivity contribution in [2.45, 2.75) is 45.3 Å². The van der Waals surface area contributed by atoms with Crippen LogP contribution < -0.4 is 4.90 Å². The molecule has 178 valence electrons. The molecule has 0 aromatic heterocycles. The van der Waals surface area contributed by atoms with Gasteiger partial charge in [-0.3, -0.25) is 9.69 Å². The Bertz CT molecular complexity index is 817. The molecule has 3 rings (SSSR count). The largest absolute Gasteiger partial charge is 0.444 e. The average molecular weight is 453 g/mol. The number of carbonyl (C=O) groups excluding carboxylic acids is 2. The Morgan fingerprint density at radius 3 is 1.97 bits per heavy atom. The first-order valence-corrected chi connectivity index (χ1v) is 11.1. The first kappa shape index (κ1) is 24.2. The standard InChI is InChI=1S/C23H34F2N4O3/c1-23(2,3)32-22(31)29-8-6-16(7-9-29)27-10-12-28(13-11-27)17-14-18(24)20(19(25)15-17)21(30)26(4)5/h14-16H,6-13H2,1-5H3. The molecule has 9 heteroatoms. The van der Waals surface area contributed by atoms with Gasteiger partial charge in [0.05, 0.1) is 0 Å². The van der Waals surface area contributed by atoms with E-state index in [0.29, 0.717) is 37.9 Å². The van der Waals surface area contributed by atoms with Gasteiger partial charge in [0.25, 0.3) is 5.91 Å². The number of piperazine rings is 1. The molecular formula is C23H34F2N4O3. The van der Waals surface area contributed by atoms with Gasteiger partial charge in [-0.2, -0.15) is 0 Å². The van der Waals surface area contributed by atoms with Crippen LogP contribution in [0.1, 0.15) is 44.0 Å². The van der Waals surface area contributed by atoms with E-state index in [9.17, 15) is 18.4 Å². The molecule has 2 heterocycles. The van der Waals surface area contributed by atoms with E-state index in [2.05, 4.69) is 4.90 Å². The second kappa shape index (κ2) is 9.60. The summed E-state index contributed by atoms with van der Waals surface area (Å²) in [4.78, 5) is 31.5. The Morgan fingerprint density at radius 1 is 0.969 bits per heavy atom. The average Bonchev–Trinajstić information content (AvgIpc) is 2.72. The highest BCUT2D eigenvalue weighted by atomic mass is 19.1. The monoisotopic (exact) mass is 452 g/mol. The van der Waals surface area contributed by atoms with Crippen LogP contribution >= 0.6 is 0 Å². The fourth-order valence-corrected chi connectivity index (χ4v) is 4.26. The number of hydrogen-bond donors (Lipinski definition) is 0. The number of ether oxygens (including phenoxy) is 1. The van der Waals surface area contributed by atoms with Gasteiger partial charge in [-0.05, 0) is 45.7 Å². The van der Waals surface area contributed by atoms with Gasteiger partial charge in [-0.15, -0.1) is 0 Å². The minimum Gasteiger partial charge on any atom is -0.444 e. The van der Waals surface area contributed by atoms with Crippen molar-refractivity contribution < 1.29 is 23.1 Å². The first-order valence-electron chi connectivity index (χ1n) is 11.1. The lowest BCUT2D eigenvalue weighted by atomic mass is 10.0. The van der Waals surface area contributed by atoms with E-state index in [4.69, 9.17) is 4.74 Å². The number of halogens is 2. The molecule has 0 unspecified atom stereocenters. The number of carbonyl (C=O) groups is 2. The summed E-state index contributed by atoms with van der Waals surface area (Å²) in [6.45, 7) is 9.76. The van der Waals surface area contributed by atoms with Crippen LogP contribution in [0.2, 0.25) is 0 Å². The van der Waals surface area contributed by atoms with Gasteiger partial charge in [-0.25, -0.2) is 13.6 Å². The van der Waals surface area contributed by atoms with Gasteiger partial charge >= 0.3 is 6.09 Å². The number of nitrogens with zero attached hydrogens (tertiary/aromatic N) is 4. The Hall–Kier alpha value is -2.42. The SMILES string of the molecule is CN(C)C(=O)c1c(F)cc(N2CCN(C3CCN(C(=O)OC(C)(C)C)CC3)CC2)cc1F. The molecule has 2 aliphatic heterocycles. The molecule has 2 aliphatic rings. The lowest BCUT2D eigenvalue weighted by molar-refractivity contribution is 0.0140. The van der Waals surface area contributed by atoms with E-state index in [-0.39, 0.29) is 6.09 Å². The van der Waals surface area contributed by atoms with Crippen LogP contribution in [0.15, 0.2) is 12.1 Å². The molecule has 0 radical (unpaired) electrons. The predicted molar refractivity (Wildman–Crippen MR) is 119 cm³/mol. The number of piperidine rings is 1. The van der Waals surface area contributed by atoms with Crippen LogP contribution in [0.4, 0.5) is 19.3 Å². The minimum absolute atomic E-state index is 0.263. The maximum atomic E-state index is 14.5. The zero-order chi connectivity index (χ0) is 23.6. The normalized spacial score (nSPS) is 18.6. The minimum atomic E-state index is -0.837. The highest BCUT2D eigenvalue weighted by Crippen LogP contribution is 2.26. The zero-order valence-electron chi connectivity index (χ0n) is 19.7. The lowest BCUT2D eigenvalue weighted by Crippen LogP contribution is -2.54. The molecule has 0 aliphatic carbocycles. The van der Waals surface area contributed by atoms with E-state index < -0.39 is 28.7 Å². The molecular weight excluding hydrogens is 418 g/mol. The Morgan fingerprint density at radius 2 is 1.50 bits per heavy atom. The van der Waals surface area contributed by atoms with Gasteiger partial charge in [0.1, 0.15) is 22.8 Å². The molecule has 7 nitrogen and oxygen atoms in total. The first-order chi connectivity index (χ1) is 15.0. The van der Waals surface area contributed by atoms with Gasteiger partial charge in [-0.1, -0.05) is 0 Å². The smallest absolute Gasteiger partial charge is 0.410 e. The van der Waals surface area contributed by atoms with E-state index in [1.54, 1.807) is 4.90 Å². The third-order valence-electron chi connectivity index (χ3n) is 5.96. The Balaban J connectivity index is 1.54. The molecule has 0 N–H and O–H groups in total. The fourth-order valence-electron chi connectivity index (χ4n) is 4.26. The summed E-state index contributed by atoms with van der Waals surface area (Å²) in [5, 5.41) is 0. The summed E-state index contributed by atoms with van der Waals surface area (Å²) >= 11 is 0. The molecule has 0 atom stereocenters. The summed E-state index contributed by atoms with van der Waals surface area (Å²) in [6.07, 6.45) is 1.49. The summed E-state index contributed by atoms with van der Waals surface area (Å²) in [5.41, 5.74) is -0.565. The topological polar surface area (TPSA) is 56.3 Å². The molecule has 1 aromatic carbocycles. The maximum absolute atomic E-state index is 14.5. The summed E-state index contributed by atoms with van der Waals surface area (Å²) in [7, 11) is 2.93. The molecule has 0 spiro atoms. The number of anilines is 1. The van der Waals surface area contributed by atoms with Crippen LogP contribution in [0.25, 0.3) is 0 Å². The highest BCUT2D eigenvalue weighted by Gasteiger charge is 2.31. The van der Waals surface area contributed by atoms with Crippen LogP contribution in [-0.2, 0) is 4.74 Å². The van der Waals surface area contributed by atoms with Crippen LogP contribution in [0, 0.1) is 11.6 Å². The predicted octanol–water partition coefficient (Wildman–Crippen LogP) is 3.19. The van der Waals surface area contributed by atoms with Gasteiger partial charge in [0.2, 0.25) is 0 Å². The molecule has 2 saturated heterocycles. The van der Waals surface area contributed by atoms with E-state index in [1.807, 2.05) is 25.7 Å². The van der Waals surface area contributed by atoms with Crippen molar-refractivity contribution in [2.75, 3.05) is 58.3 Å². The Kier molecular flexibility index (Phi) is 7.27. The zero-order valence-corrected chi connectivity index (χ0v) is 19.7. The third-order valence-corrected chi connectivity index (χ3v) is 5.96. The number of benzene rings is 1. The molecule has 0 saturated carbocycles. The number of rotatable bonds is 3. The molecule has 1 aromatic rings. The number of amides is 2. The van der Waals surface area contributed by atoms with Gasteiger partial charge in [0.15, 0.2) is 0 Å². The van der Waals surface area contributed by atoms with Crippen molar-refractivity contribution in [1.82, 2.24) is 14.7 Å². The van der Waals surface area contributed by atoms with Crippen LogP contribution in [0.3, 0.4) is 0 Å². The summed E-state index contributed by atoms with van der Waals surface area (Å²) in [6, 6.07) is 2.87. The summed E-state index contributed by atoms with van der Waals surface area (Å²) in [5.74, 6) is -2.36. The van der Waals surface area contributed by atoms with Crippen LogP contribution in [0.5, 0.6) is 0 Å². The number of hydrogen-bond acceptors (Lipinski definition) is 5. The Labute approximate surface area is 188 Å². The molecule has 2 amide bonds. The van der Waals surface area contributed by atoms with Crippen molar-refractivity contribution in [3.63, 3.8) is 0 Å². The van der Waals surface area contributed by atoms with Gasteiger partial charge < -0.3 is 19.4 Å². The maximum Gasteiger partial charge on any atom is 0.410 e. The van der Waals surface area contributed by atoms with E-state index >= 15 is 0 Å². The quantitative estimate of drug-likeness (QED) is 0.705. The van der Waals surface area contributed by atoms with E-state index in [0.717, 1.165) is 30.8 Å². The second-order valence-electron chi connectivity index (χ2n) is 9.71. The molecule has 2 fully saturated rings. The van der Waals surface area contributed by atoms with Crippen molar-refractivity contribution in [3.8, 4) is 0 Å². The third kappa shape index (κ3) is 5.68. The molecule has 0 bridgehead atoms.